The van der Waals surface area contributed by atoms with Gasteiger partial charge in [-0.1, -0.05) is 40.4 Å². The van der Waals surface area contributed by atoms with Crippen molar-refractivity contribution in [2.45, 2.75) is 56.4 Å². The van der Waals surface area contributed by atoms with Crippen LogP contribution in [0.2, 0.25) is 0 Å². The number of thiol groups is 1. The van der Waals surface area contributed by atoms with Crippen LogP contribution in [0.25, 0.3) is 0 Å². The number of carbonyl (C=O) groups excluding carboxylic acids is 2. The zero-order valence-electron chi connectivity index (χ0n) is 19.0. The predicted molar refractivity (Wildman–Crippen MR) is 140 cm³/mol. The summed E-state index contributed by atoms with van der Waals surface area (Å²) >= 11 is 8.26. The molecule has 0 radical (unpaired) electrons. The molecule has 0 aliphatic heterocycles. The van der Waals surface area contributed by atoms with Gasteiger partial charge >= 0.3 is 0 Å². The first-order valence-corrected chi connectivity index (χ1v) is 14.2. The molecule has 15 heteroatoms. The van der Waals surface area contributed by atoms with E-state index in [2.05, 4.69) is 48.6 Å². The highest BCUT2D eigenvalue weighted by Crippen LogP contribution is 2.43. The summed E-state index contributed by atoms with van der Waals surface area (Å²) in [6.07, 6.45) is 4.24. The van der Waals surface area contributed by atoms with Crippen LogP contribution in [0.4, 0.5) is 10.3 Å². The molecule has 1 aliphatic rings. The third-order valence-electron chi connectivity index (χ3n) is 5.48. The Hall–Kier alpha value is -2.20. The number of rotatable bonds is 10. The molecule has 3 heterocycles. The molecule has 35 heavy (non-hydrogen) atoms. The number of nitrogens with two attached hydrogens (primary N) is 1. The average molecular weight is 555 g/mol. The van der Waals surface area contributed by atoms with Gasteiger partial charge in [-0.2, -0.15) is 12.6 Å². The number of nitrogens with zero attached hydrogens (tertiary/aromatic N) is 5. The van der Waals surface area contributed by atoms with E-state index in [1.54, 1.807) is 12.5 Å². The summed E-state index contributed by atoms with van der Waals surface area (Å²) in [5.74, 6) is 0.526. The van der Waals surface area contributed by atoms with Gasteiger partial charge in [-0.25, -0.2) is 4.98 Å². The minimum absolute atomic E-state index is 0.150. The molecule has 2 amide bonds. The molecule has 0 spiro atoms. The van der Waals surface area contributed by atoms with E-state index in [4.69, 9.17) is 10.5 Å². The number of anilines is 2. The lowest BCUT2D eigenvalue weighted by atomic mass is 9.82. The second kappa shape index (κ2) is 12.2. The fraction of sp³-hybridized carbons (Fsp3) is 0.550. The number of aromatic nitrogens is 5. The fourth-order valence-electron chi connectivity index (χ4n) is 3.80. The van der Waals surface area contributed by atoms with E-state index in [1.807, 2.05) is 0 Å². The molecule has 1 saturated carbocycles. The molecule has 4 rings (SSSR count). The summed E-state index contributed by atoms with van der Waals surface area (Å²) in [5.41, 5.74) is 6.43. The zero-order chi connectivity index (χ0) is 24.8. The molecule has 0 aromatic carbocycles. The summed E-state index contributed by atoms with van der Waals surface area (Å²) in [6.45, 7) is 0. The van der Waals surface area contributed by atoms with Crippen molar-refractivity contribution in [2.75, 3.05) is 23.5 Å². The summed E-state index contributed by atoms with van der Waals surface area (Å²) in [5, 5.41) is 27.6. The molecule has 4 N–H and O–H groups in total. The van der Waals surface area contributed by atoms with Crippen molar-refractivity contribution in [2.24, 2.45) is 5.73 Å². The van der Waals surface area contributed by atoms with E-state index < -0.39 is 0 Å². The number of hydrogen-bond acceptors (Lipinski definition) is 13. The Labute approximate surface area is 219 Å². The maximum atomic E-state index is 12.4. The predicted octanol–water partition coefficient (Wildman–Crippen LogP) is 3.06. The average Bonchev–Trinajstić information content (AvgIpc) is 3.60. The van der Waals surface area contributed by atoms with Crippen LogP contribution in [0.5, 0.6) is 5.19 Å². The highest BCUT2D eigenvalue weighted by Gasteiger charge is 2.29. The minimum atomic E-state index is -0.290. The first kappa shape index (κ1) is 25.9. The SMILES string of the molecule is COc1nc(CC(=O)Nc2nnc(C3CCCC(c4nnc(NC(=O)CC(N)CS)s4)C3)s2)cs1. The van der Waals surface area contributed by atoms with Crippen LogP contribution in [-0.2, 0) is 16.0 Å². The molecule has 0 saturated heterocycles. The highest BCUT2D eigenvalue weighted by molar-refractivity contribution is 7.80. The normalized spacial score (nSPS) is 18.7. The van der Waals surface area contributed by atoms with Crippen molar-refractivity contribution >= 4 is 68.7 Å². The maximum absolute atomic E-state index is 12.4. The van der Waals surface area contributed by atoms with E-state index in [9.17, 15) is 9.59 Å². The van der Waals surface area contributed by atoms with Crippen molar-refractivity contribution < 1.29 is 14.3 Å². The van der Waals surface area contributed by atoms with Gasteiger partial charge < -0.3 is 21.1 Å². The van der Waals surface area contributed by atoms with Gasteiger partial charge in [0.1, 0.15) is 10.0 Å². The van der Waals surface area contributed by atoms with Crippen LogP contribution < -0.4 is 21.1 Å². The number of hydrogen-bond donors (Lipinski definition) is 4. The first-order chi connectivity index (χ1) is 16.9. The van der Waals surface area contributed by atoms with Crippen molar-refractivity contribution in [3.8, 4) is 5.19 Å². The Morgan fingerprint density at radius 3 is 2.31 bits per heavy atom. The Morgan fingerprint density at radius 2 is 1.74 bits per heavy atom. The van der Waals surface area contributed by atoms with Gasteiger partial charge in [-0.3, -0.25) is 9.59 Å². The zero-order valence-corrected chi connectivity index (χ0v) is 22.3. The van der Waals surface area contributed by atoms with Gasteiger partial charge in [0.15, 0.2) is 0 Å². The largest absolute Gasteiger partial charge is 0.473 e. The van der Waals surface area contributed by atoms with Crippen molar-refractivity contribution in [1.82, 2.24) is 25.4 Å². The topological polar surface area (TPSA) is 158 Å². The van der Waals surface area contributed by atoms with Crippen molar-refractivity contribution in [3.63, 3.8) is 0 Å². The van der Waals surface area contributed by atoms with Gasteiger partial charge in [0, 0.05) is 35.4 Å². The van der Waals surface area contributed by atoms with Crippen LogP contribution in [0.1, 0.15) is 59.6 Å². The monoisotopic (exact) mass is 554 g/mol. The molecular formula is C20H26N8O3S4. The molecule has 3 aromatic rings. The van der Waals surface area contributed by atoms with E-state index in [1.165, 1.54) is 34.0 Å². The molecule has 11 nitrogen and oxygen atoms in total. The second-order valence-corrected chi connectivity index (χ2v) is 11.4. The van der Waals surface area contributed by atoms with Gasteiger partial charge in [-0.15, -0.1) is 20.4 Å². The lowest BCUT2D eigenvalue weighted by Crippen LogP contribution is -2.28. The molecule has 1 aliphatic carbocycles. The molecule has 188 valence electrons. The Morgan fingerprint density at radius 1 is 1.11 bits per heavy atom. The summed E-state index contributed by atoms with van der Waals surface area (Å²) in [6, 6.07) is -0.290. The van der Waals surface area contributed by atoms with Crippen molar-refractivity contribution in [1.29, 1.82) is 0 Å². The second-order valence-electron chi connectivity index (χ2n) is 8.18. The van der Waals surface area contributed by atoms with Gasteiger partial charge in [-0.05, 0) is 19.3 Å². The lowest BCUT2D eigenvalue weighted by molar-refractivity contribution is -0.117. The van der Waals surface area contributed by atoms with Crippen LogP contribution in [0.15, 0.2) is 5.38 Å². The third kappa shape index (κ3) is 7.16. The summed E-state index contributed by atoms with van der Waals surface area (Å²) < 4.78 is 5.06. The maximum Gasteiger partial charge on any atom is 0.273 e. The quantitative estimate of drug-likeness (QED) is 0.276. The standard InChI is InChI=1S/C20H26N8O3S4/c1-31-20-22-13(9-33-20)7-15(30)24-19-28-26-17(35-19)11-4-2-3-10(5-11)16-25-27-18(34-16)23-14(29)6-12(21)8-32/h9-12,32H,2-8,21H2,1H3,(H,23,27,29)(H,24,28,30). The van der Waals surface area contributed by atoms with Gasteiger partial charge in [0.2, 0.25) is 22.1 Å². The van der Waals surface area contributed by atoms with E-state index in [0.29, 0.717) is 26.9 Å². The molecule has 3 unspecified atom stereocenters. The first-order valence-electron chi connectivity index (χ1n) is 11.0. The number of thiazole rings is 1. The number of nitrogens with one attached hydrogen (secondary N) is 2. The molecule has 1 fully saturated rings. The number of methoxy groups -OCH3 is 1. The Bertz CT molecular complexity index is 1150. The van der Waals surface area contributed by atoms with Gasteiger partial charge in [0.05, 0.1) is 19.2 Å². The van der Waals surface area contributed by atoms with Crippen LogP contribution in [-0.4, -0.2) is 56.1 Å². The smallest absolute Gasteiger partial charge is 0.273 e. The van der Waals surface area contributed by atoms with Crippen LogP contribution in [0.3, 0.4) is 0 Å². The van der Waals surface area contributed by atoms with Crippen LogP contribution >= 0.6 is 46.6 Å². The minimum Gasteiger partial charge on any atom is -0.473 e. The number of ether oxygens (including phenoxy) is 1. The summed E-state index contributed by atoms with van der Waals surface area (Å²) in [7, 11) is 1.55. The van der Waals surface area contributed by atoms with Crippen LogP contribution in [0, 0.1) is 0 Å². The Balaban J connectivity index is 1.31. The lowest BCUT2D eigenvalue weighted by Gasteiger charge is -2.25. The molecule has 0 bridgehead atoms. The molecule has 3 atom stereocenters. The van der Waals surface area contributed by atoms with Gasteiger partial charge in [0.25, 0.3) is 5.19 Å². The number of carbonyl (C=O) groups is 2. The fourth-order valence-corrected chi connectivity index (χ4v) is 6.38. The Kier molecular flexibility index (Phi) is 8.99. The third-order valence-corrected chi connectivity index (χ3v) is 8.80. The van der Waals surface area contributed by atoms with Crippen molar-refractivity contribution in [3.05, 3.63) is 21.1 Å². The molecule has 3 aromatic heterocycles. The van der Waals surface area contributed by atoms with E-state index in [0.717, 1.165) is 35.7 Å². The summed E-state index contributed by atoms with van der Waals surface area (Å²) in [4.78, 5) is 28.6. The molecular weight excluding hydrogens is 529 g/mol. The van der Waals surface area contributed by atoms with E-state index >= 15 is 0 Å². The highest BCUT2D eigenvalue weighted by atomic mass is 32.1. The number of amides is 2. The van der Waals surface area contributed by atoms with E-state index in [-0.39, 0.29) is 42.5 Å².